The highest BCUT2D eigenvalue weighted by Gasteiger charge is 2.33. The molecule has 0 spiro atoms. The molecule has 0 atom stereocenters. The topological polar surface area (TPSA) is 125 Å². The highest BCUT2D eigenvalue weighted by atomic mass is 19.1. The van der Waals surface area contributed by atoms with Crippen molar-refractivity contribution in [2.45, 2.75) is 0 Å². The monoisotopic (exact) mass is 406 g/mol. The zero-order chi connectivity index (χ0) is 21.7. The Balaban J connectivity index is 2.87. The van der Waals surface area contributed by atoms with Crippen molar-refractivity contribution in [3.8, 4) is 0 Å². The van der Waals surface area contributed by atoms with Gasteiger partial charge in [0.15, 0.2) is 0 Å². The number of carbonyl (C=O) groups is 3. The molecule has 1 aliphatic rings. The number of nitro benzene ring substituents is 1. The fourth-order valence-corrected chi connectivity index (χ4v) is 2.54. The van der Waals surface area contributed by atoms with Gasteiger partial charge in [0.1, 0.15) is 11.3 Å². The molecule has 0 radical (unpaired) electrons. The number of benzene rings is 1. The fourth-order valence-electron chi connectivity index (χ4n) is 2.54. The molecule has 10 nitrogen and oxygen atoms in total. The van der Waals surface area contributed by atoms with E-state index in [2.05, 4.69) is 9.47 Å². The van der Waals surface area contributed by atoms with Crippen LogP contribution < -0.4 is 4.90 Å². The van der Waals surface area contributed by atoms with Crippen LogP contribution in [0.15, 0.2) is 47.8 Å². The molecule has 0 saturated carbocycles. The number of carbonyl (C=O) groups excluding carboxylic acids is 3. The second kappa shape index (κ2) is 8.78. The van der Waals surface area contributed by atoms with E-state index in [9.17, 15) is 28.9 Å². The number of nitro groups is 1. The Labute approximate surface area is 163 Å². The van der Waals surface area contributed by atoms with Crippen LogP contribution in [0.4, 0.5) is 15.8 Å². The van der Waals surface area contributed by atoms with Crippen LogP contribution in [-0.2, 0) is 23.8 Å². The second-order valence-electron chi connectivity index (χ2n) is 5.36. The average molecular weight is 406 g/mol. The van der Waals surface area contributed by atoms with Crippen molar-refractivity contribution < 1.29 is 37.9 Å². The Kier molecular flexibility index (Phi) is 6.44. The molecule has 0 saturated heterocycles. The van der Waals surface area contributed by atoms with Crippen molar-refractivity contribution in [3.05, 3.63) is 69.3 Å². The van der Waals surface area contributed by atoms with Crippen LogP contribution in [0.2, 0.25) is 0 Å². The largest absolute Gasteiger partial charge is 0.465 e. The Morgan fingerprint density at radius 1 is 1.00 bits per heavy atom. The molecule has 2 rings (SSSR count). The van der Waals surface area contributed by atoms with Crippen LogP contribution in [0.25, 0.3) is 0 Å². The Hall–Kier alpha value is -4.02. The molecule has 0 aromatic heterocycles. The van der Waals surface area contributed by atoms with Gasteiger partial charge in [-0.25, -0.2) is 14.4 Å². The number of hydrogen-bond donors (Lipinski definition) is 0. The average Bonchev–Trinajstić information content (AvgIpc) is 2.94. The van der Waals surface area contributed by atoms with Gasteiger partial charge in [0.2, 0.25) is 5.82 Å². The van der Waals surface area contributed by atoms with Gasteiger partial charge >= 0.3 is 23.6 Å². The highest BCUT2D eigenvalue weighted by Crippen LogP contribution is 2.34. The maximum Gasteiger partial charge on any atom is 0.355 e. The number of methoxy groups -OCH3 is 3. The standard InChI is InChI=1S/C18H15FN2O8/c1-27-16(22)10-6-4-5-9-20(15(10)18(24)29-3)11-7-8-12(21(25)26)14(19)13(11)17(23)28-2/h4-9H,1-3H3. The summed E-state index contributed by atoms with van der Waals surface area (Å²) < 4.78 is 28.7. The lowest BCUT2D eigenvalue weighted by Gasteiger charge is -2.24. The van der Waals surface area contributed by atoms with Crippen LogP contribution >= 0.6 is 0 Å². The number of nitrogens with zero attached hydrogens (tertiary/aromatic N) is 2. The number of anilines is 1. The summed E-state index contributed by atoms with van der Waals surface area (Å²) in [5.74, 6) is -4.60. The lowest BCUT2D eigenvalue weighted by molar-refractivity contribution is -0.387. The Bertz CT molecular complexity index is 980. The van der Waals surface area contributed by atoms with Crippen molar-refractivity contribution in [3.63, 3.8) is 0 Å². The van der Waals surface area contributed by atoms with E-state index >= 15 is 0 Å². The lowest BCUT2D eigenvalue weighted by Crippen LogP contribution is -2.28. The molecule has 0 amide bonds. The minimum atomic E-state index is -1.46. The smallest absolute Gasteiger partial charge is 0.355 e. The van der Waals surface area contributed by atoms with E-state index in [4.69, 9.17) is 4.74 Å². The van der Waals surface area contributed by atoms with Crippen molar-refractivity contribution in [2.24, 2.45) is 0 Å². The number of halogens is 1. The van der Waals surface area contributed by atoms with Crippen LogP contribution in [0, 0.1) is 15.9 Å². The number of allylic oxidation sites excluding steroid dienone is 2. The lowest BCUT2D eigenvalue weighted by atomic mass is 10.1. The highest BCUT2D eigenvalue weighted by molar-refractivity contribution is 6.07. The van der Waals surface area contributed by atoms with Crippen molar-refractivity contribution in [2.75, 3.05) is 26.2 Å². The first kappa shape index (κ1) is 21.3. The normalized spacial score (nSPS) is 13.0. The molecule has 1 aromatic rings. The molecule has 1 heterocycles. The molecule has 11 heteroatoms. The number of ether oxygens (including phenoxy) is 3. The molecule has 0 bridgehead atoms. The molecule has 29 heavy (non-hydrogen) atoms. The molecular formula is C18H15FN2O8. The van der Waals surface area contributed by atoms with E-state index in [-0.39, 0.29) is 11.3 Å². The van der Waals surface area contributed by atoms with E-state index in [1.807, 2.05) is 0 Å². The van der Waals surface area contributed by atoms with Gasteiger partial charge in [-0.1, -0.05) is 6.08 Å². The molecule has 0 fully saturated rings. The molecule has 1 aliphatic heterocycles. The van der Waals surface area contributed by atoms with E-state index < -0.39 is 45.6 Å². The molecule has 1 aromatic carbocycles. The minimum Gasteiger partial charge on any atom is -0.465 e. The maximum absolute atomic E-state index is 14.8. The zero-order valence-electron chi connectivity index (χ0n) is 15.5. The van der Waals surface area contributed by atoms with Gasteiger partial charge < -0.3 is 19.1 Å². The predicted molar refractivity (Wildman–Crippen MR) is 96.2 cm³/mol. The summed E-state index contributed by atoms with van der Waals surface area (Å²) >= 11 is 0. The molecule has 0 N–H and O–H groups in total. The van der Waals surface area contributed by atoms with Crippen molar-refractivity contribution in [1.82, 2.24) is 0 Å². The first-order chi connectivity index (χ1) is 13.8. The summed E-state index contributed by atoms with van der Waals surface area (Å²) in [7, 11) is 3.10. The summed E-state index contributed by atoms with van der Waals surface area (Å²) in [5.41, 5.74) is -2.72. The van der Waals surface area contributed by atoms with Crippen LogP contribution in [0.3, 0.4) is 0 Å². The van der Waals surface area contributed by atoms with E-state index in [0.717, 1.165) is 38.4 Å². The maximum atomic E-state index is 14.8. The number of esters is 3. The summed E-state index contributed by atoms with van der Waals surface area (Å²) in [6.07, 6.45) is 5.29. The predicted octanol–water partition coefficient (Wildman–Crippen LogP) is 2.01. The van der Waals surface area contributed by atoms with Crippen LogP contribution in [0.5, 0.6) is 0 Å². The van der Waals surface area contributed by atoms with Crippen molar-refractivity contribution in [1.29, 1.82) is 0 Å². The Morgan fingerprint density at radius 3 is 2.17 bits per heavy atom. The third kappa shape index (κ3) is 3.98. The number of rotatable bonds is 5. The van der Waals surface area contributed by atoms with Gasteiger partial charge in [-0.15, -0.1) is 0 Å². The third-order valence-corrected chi connectivity index (χ3v) is 3.83. The molecule has 152 valence electrons. The SMILES string of the molecule is COC(=O)C1=C(C(=O)OC)N(c2ccc([N+](=O)[O-])c(F)c2C(=O)OC)C=CC=C1. The van der Waals surface area contributed by atoms with Gasteiger partial charge in [-0.05, 0) is 18.2 Å². The van der Waals surface area contributed by atoms with Gasteiger partial charge in [-0.3, -0.25) is 10.1 Å². The quantitative estimate of drug-likeness (QED) is 0.312. The molecular weight excluding hydrogens is 391 g/mol. The molecule has 0 unspecified atom stereocenters. The molecule has 0 aliphatic carbocycles. The van der Waals surface area contributed by atoms with Gasteiger partial charge in [0.25, 0.3) is 0 Å². The van der Waals surface area contributed by atoms with E-state index in [1.165, 1.54) is 24.4 Å². The summed E-state index contributed by atoms with van der Waals surface area (Å²) in [6, 6.07) is 1.86. The van der Waals surface area contributed by atoms with E-state index in [0.29, 0.717) is 0 Å². The number of hydrogen-bond acceptors (Lipinski definition) is 9. The summed E-state index contributed by atoms with van der Waals surface area (Å²) in [6.45, 7) is 0. The van der Waals surface area contributed by atoms with E-state index in [1.54, 1.807) is 0 Å². The third-order valence-electron chi connectivity index (χ3n) is 3.83. The fraction of sp³-hybridized carbons (Fsp3) is 0.167. The Morgan fingerprint density at radius 2 is 1.62 bits per heavy atom. The van der Waals surface area contributed by atoms with Crippen LogP contribution in [-0.4, -0.2) is 44.2 Å². The summed E-state index contributed by atoms with van der Waals surface area (Å²) in [4.78, 5) is 47.8. The zero-order valence-corrected chi connectivity index (χ0v) is 15.5. The van der Waals surface area contributed by atoms with Crippen LogP contribution in [0.1, 0.15) is 10.4 Å². The van der Waals surface area contributed by atoms with Gasteiger partial charge in [0, 0.05) is 12.3 Å². The van der Waals surface area contributed by atoms with Crippen molar-refractivity contribution >= 4 is 29.3 Å². The first-order valence-electron chi connectivity index (χ1n) is 7.88. The van der Waals surface area contributed by atoms with Gasteiger partial charge in [0.05, 0.1) is 37.5 Å². The minimum absolute atomic E-state index is 0.251. The van der Waals surface area contributed by atoms with Gasteiger partial charge in [-0.2, -0.15) is 4.39 Å². The summed E-state index contributed by atoms with van der Waals surface area (Å²) in [5, 5.41) is 11.1. The second-order valence-corrected chi connectivity index (χ2v) is 5.36. The first-order valence-corrected chi connectivity index (χ1v) is 7.88.